The van der Waals surface area contributed by atoms with Gasteiger partial charge in [0, 0.05) is 25.7 Å². The van der Waals surface area contributed by atoms with E-state index in [1.54, 1.807) is 0 Å². The van der Waals surface area contributed by atoms with Gasteiger partial charge in [-0.1, -0.05) is 43.7 Å². The number of carbonyl (C=O) groups is 1. The Hall–Kier alpha value is -1.39. The van der Waals surface area contributed by atoms with E-state index in [1.807, 2.05) is 18.2 Å². The zero-order valence-corrected chi connectivity index (χ0v) is 12.9. The Morgan fingerprint density at radius 2 is 2.14 bits per heavy atom. The Balaban J connectivity index is 1.67. The van der Waals surface area contributed by atoms with Crippen molar-refractivity contribution < 1.29 is 4.79 Å². The molecule has 1 aromatic rings. The van der Waals surface area contributed by atoms with Gasteiger partial charge in [0.1, 0.15) is 0 Å². The van der Waals surface area contributed by atoms with Gasteiger partial charge in [-0.2, -0.15) is 0 Å². The minimum atomic E-state index is 0.122. The van der Waals surface area contributed by atoms with Crippen LogP contribution in [0.3, 0.4) is 0 Å². The van der Waals surface area contributed by atoms with E-state index >= 15 is 0 Å². The third kappa shape index (κ3) is 5.14. The van der Waals surface area contributed by atoms with Crippen molar-refractivity contribution in [2.75, 3.05) is 26.2 Å². The Kier molecular flexibility index (Phi) is 6.21. The molecule has 116 valence electrons. The first-order chi connectivity index (χ1) is 10.2. The molecule has 2 rings (SSSR count). The molecule has 4 heteroatoms. The second-order valence-corrected chi connectivity index (χ2v) is 5.94. The third-order valence-corrected chi connectivity index (χ3v) is 4.35. The van der Waals surface area contributed by atoms with Crippen molar-refractivity contribution in [1.29, 1.82) is 0 Å². The molecule has 1 amide bonds. The van der Waals surface area contributed by atoms with Crippen LogP contribution in [-0.4, -0.2) is 43.0 Å². The summed E-state index contributed by atoms with van der Waals surface area (Å²) in [4.78, 5) is 14.2. The van der Waals surface area contributed by atoms with Gasteiger partial charge in [0.2, 0.25) is 5.91 Å². The van der Waals surface area contributed by atoms with Crippen molar-refractivity contribution in [2.45, 2.75) is 32.2 Å². The first kappa shape index (κ1) is 16.0. The summed E-state index contributed by atoms with van der Waals surface area (Å²) < 4.78 is 0. The van der Waals surface area contributed by atoms with Gasteiger partial charge in [-0.25, -0.2) is 0 Å². The molecule has 21 heavy (non-hydrogen) atoms. The number of nitrogens with one attached hydrogen (secondary N) is 1. The molecule has 1 aliphatic heterocycles. The molecule has 0 aliphatic carbocycles. The molecule has 1 aromatic carbocycles. The fourth-order valence-corrected chi connectivity index (χ4v) is 2.95. The van der Waals surface area contributed by atoms with Gasteiger partial charge in [0.05, 0.1) is 6.54 Å². The number of amides is 1. The Morgan fingerprint density at radius 3 is 2.86 bits per heavy atom. The number of nitrogens with two attached hydrogens (primary N) is 1. The Labute approximate surface area is 127 Å². The summed E-state index contributed by atoms with van der Waals surface area (Å²) in [6.07, 6.45) is 2.97. The first-order valence-corrected chi connectivity index (χ1v) is 7.97. The van der Waals surface area contributed by atoms with Crippen LogP contribution in [0.15, 0.2) is 30.3 Å². The molecule has 0 radical (unpaired) electrons. The fourth-order valence-electron chi connectivity index (χ4n) is 2.95. The van der Waals surface area contributed by atoms with E-state index in [9.17, 15) is 4.79 Å². The second-order valence-electron chi connectivity index (χ2n) is 5.94. The molecular weight excluding hydrogens is 262 g/mol. The predicted molar refractivity (Wildman–Crippen MR) is 86.0 cm³/mol. The molecule has 2 atom stereocenters. The van der Waals surface area contributed by atoms with Gasteiger partial charge in [-0.3, -0.25) is 9.69 Å². The largest absolute Gasteiger partial charge is 0.355 e. The molecule has 4 nitrogen and oxygen atoms in total. The average Bonchev–Trinajstić information content (AvgIpc) is 2.50. The van der Waals surface area contributed by atoms with E-state index < -0.39 is 0 Å². The summed E-state index contributed by atoms with van der Waals surface area (Å²) in [5.74, 6) is 0.645. The lowest BCUT2D eigenvalue weighted by Crippen LogP contribution is -2.49. The number of hydrogen-bond donors (Lipinski definition) is 2. The summed E-state index contributed by atoms with van der Waals surface area (Å²) in [5.41, 5.74) is 7.36. The van der Waals surface area contributed by atoms with Crippen LogP contribution in [0.1, 0.15) is 25.3 Å². The average molecular weight is 289 g/mol. The molecule has 2 unspecified atom stereocenters. The topological polar surface area (TPSA) is 58.4 Å². The summed E-state index contributed by atoms with van der Waals surface area (Å²) >= 11 is 0. The Morgan fingerprint density at radius 1 is 1.38 bits per heavy atom. The lowest BCUT2D eigenvalue weighted by atomic mass is 9.91. The van der Waals surface area contributed by atoms with Gasteiger partial charge in [-0.05, 0) is 24.3 Å². The number of piperidine rings is 1. The predicted octanol–water partition coefficient (Wildman–Crippen LogP) is 1.40. The molecule has 1 heterocycles. The highest BCUT2D eigenvalue weighted by Crippen LogP contribution is 2.17. The zero-order valence-electron chi connectivity index (χ0n) is 12.9. The summed E-state index contributed by atoms with van der Waals surface area (Å²) in [7, 11) is 0. The fraction of sp³-hybridized carbons (Fsp3) is 0.588. The van der Waals surface area contributed by atoms with Gasteiger partial charge in [0.15, 0.2) is 0 Å². The van der Waals surface area contributed by atoms with Gasteiger partial charge in [-0.15, -0.1) is 0 Å². The van der Waals surface area contributed by atoms with E-state index in [0.717, 1.165) is 32.4 Å². The van der Waals surface area contributed by atoms with Crippen LogP contribution in [0.25, 0.3) is 0 Å². The van der Waals surface area contributed by atoms with Crippen LogP contribution >= 0.6 is 0 Å². The zero-order chi connectivity index (χ0) is 15.1. The summed E-state index contributed by atoms with van der Waals surface area (Å²) in [6, 6.07) is 10.5. The van der Waals surface area contributed by atoms with Gasteiger partial charge >= 0.3 is 0 Å². The summed E-state index contributed by atoms with van der Waals surface area (Å²) in [6.45, 7) is 5.26. The number of hydrogen-bond acceptors (Lipinski definition) is 3. The van der Waals surface area contributed by atoms with E-state index in [2.05, 4.69) is 29.3 Å². The minimum Gasteiger partial charge on any atom is -0.355 e. The molecule has 3 N–H and O–H groups in total. The molecule has 0 spiro atoms. The van der Waals surface area contributed by atoms with Gasteiger partial charge in [0.25, 0.3) is 0 Å². The molecule has 0 aromatic heterocycles. The Bertz CT molecular complexity index is 435. The second kappa shape index (κ2) is 8.15. The van der Waals surface area contributed by atoms with E-state index in [1.165, 1.54) is 5.56 Å². The van der Waals surface area contributed by atoms with E-state index in [4.69, 9.17) is 5.73 Å². The highest BCUT2D eigenvalue weighted by molar-refractivity contribution is 5.78. The number of rotatable bonds is 6. The maximum atomic E-state index is 12.0. The smallest absolute Gasteiger partial charge is 0.234 e. The van der Waals surface area contributed by atoms with Gasteiger partial charge < -0.3 is 11.1 Å². The molecule has 0 saturated carbocycles. The monoisotopic (exact) mass is 289 g/mol. The van der Waals surface area contributed by atoms with E-state index in [0.29, 0.717) is 25.0 Å². The third-order valence-electron chi connectivity index (χ3n) is 4.35. The van der Waals surface area contributed by atoms with Crippen molar-refractivity contribution in [3.05, 3.63) is 35.9 Å². The van der Waals surface area contributed by atoms with Crippen LogP contribution < -0.4 is 11.1 Å². The molecular formula is C17H27N3O. The number of likely N-dealkylation sites (tertiary alicyclic amines) is 1. The van der Waals surface area contributed by atoms with Crippen LogP contribution in [0.4, 0.5) is 0 Å². The SMILES string of the molecule is CCC1CN(CC(=O)NCCc2ccccc2)CCC1N. The minimum absolute atomic E-state index is 0.122. The highest BCUT2D eigenvalue weighted by Gasteiger charge is 2.26. The number of nitrogens with zero attached hydrogens (tertiary/aromatic N) is 1. The maximum absolute atomic E-state index is 12.0. The number of carbonyl (C=O) groups excluding carboxylic acids is 1. The lowest BCUT2D eigenvalue weighted by molar-refractivity contribution is -0.122. The standard InChI is InChI=1S/C17H27N3O/c1-2-15-12-20(11-9-16(15)18)13-17(21)19-10-8-14-6-4-3-5-7-14/h3-7,15-16H,2,8-13,18H2,1H3,(H,19,21). The van der Waals surface area contributed by atoms with Crippen LogP contribution in [0.2, 0.25) is 0 Å². The normalized spacial score (nSPS) is 23.0. The quantitative estimate of drug-likeness (QED) is 0.832. The van der Waals surface area contributed by atoms with E-state index in [-0.39, 0.29) is 5.91 Å². The first-order valence-electron chi connectivity index (χ1n) is 7.97. The molecule has 0 bridgehead atoms. The lowest BCUT2D eigenvalue weighted by Gasteiger charge is -2.36. The van der Waals surface area contributed by atoms with Crippen LogP contribution in [0, 0.1) is 5.92 Å². The molecule has 1 saturated heterocycles. The van der Waals surface area contributed by atoms with Crippen molar-refractivity contribution >= 4 is 5.91 Å². The van der Waals surface area contributed by atoms with Crippen molar-refractivity contribution in [3.63, 3.8) is 0 Å². The summed E-state index contributed by atoms with van der Waals surface area (Å²) in [5, 5.41) is 3.01. The molecule has 1 aliphatic rings. The van der Waals surface area contributed by atoms with Crippen molar-refractivity contribution in [2.24, 2.45) is 11.7 Å². The maximum Gasteiger partial charge on any atom is 0.234 e. The van der Waals surface area contributed by atoms with Crippen molar-refractivity contribution in [3.8, 4) is 0 Å². The van der Waals surface area contributed by atoms with Crippen LogP contribution in [-0.2, 0) is 11.2 Å². The molecule has 1 fully saturated rings. The van der Waals surface area contributed by atoms with Crippen LogP contribution in [0.5, 0.6) is 0 Å². The van der Waals surface area contributed by atoms with Crippen molar-refractivity contribution in [1.82, 2.24) is 10.2 Å². The highest BCUT2D eigenvalue weighted by atomic mass is 16.2. The number of benzene rings is 1.